The van der Waals surface area contributed by atoms with Crippen molar-refractivity contribution in [2.75, 3.05) is 65.2 Å². The molecule has 2 aliphatic heterocycles. The van der Waals surface area contributed by atoms with Crippen molar-refractivity contribution in [3.05, 3.63) is 59.2 Å². The molecule has 0 bridgehead atoms. The van der Waals surface area contributed by atoms with Gasteiger partial charge < -0.3 is 39.6 Å². The molecule has 1 fully saturated rings. The Kier molecular flexibility index (Phi) is 12.9. The van der Waals surface area contributed by atoms with Crippen LogP contribution in [0.2, 0.25) is 0 Å². The van der Waals surface area contributed by atoms with Crippen LogP contribution in [0.5, 0.6) is 5.75 Å². The molecule has 2 heterocycles. The molecule has 0 spiro atoms. The molecule has 4 atom stereocenters. The van der Waals surface area contributed by atoms with E-state index in [-0.39, 0.29) is 29.9 Å². The molecule has 0 aromatic heterocycles. The van der Waals surface area contributed by atoms with Crippen LogP contribution in [0.25, 0.3) is 0 Å². The number of nitrogens with two attached hydrogens (primary N) is 1. The number of nitrogens with one attached hydrogen (secondary N) is 1. The molecule has 2 aromatic rings. The normalized spacial score (nSPS) is 21.0. The molecular weight excluding hydrogens is 534 g/mol. The molecule has 0 aliphatic carbocycles. The van der Waals surface area contributed by atoms with Crippen LogP contribution in [0.3, 0.4) is 0 Å². The molecule has 1 saturated heterocycles. The van der Waals surface area contributed by atoms with Gasteiger partial charge in [-0.1, -0.05) is 37.3 Å². The van der Waals surface area contributed by atoms with Gasteiger partial charge in [0.25, 0.3) is 0 Å². The van der Waals surface area contributed by atoms with Crippen molar-refractivity contribution < 1.29 is 28.5 Å². The molecule has 232 valence electrons. The number of primary amides is 1. The van der Waals surface area contributed by atoms with Gasteiger partial charge in [0.05, 0.1) is 44.8 Å². The molecule has 0 radical (unpaired) electrons. The van der Waals surface area contributed by atoms with Crippen LogP contribution in [0.4, 0.5) is 5.69 Å². The molecule has 9 nitrogen and oxygen atoms in total. The van der Waals surface area contributed by atoms with Crippen LogP contribution in [-0.2, 0) is 37.0 Å². The van der Waals surface area contributed by atoms with Gasteiger partial charge in [0.2, 0.25) is 5.91 Å². The Hall–Kier alpha value is -2.69. The van der Waals surface area contributed by atoms with Crippen molar-refractivity contribution >= 4 is 11.6 Å². The third-order valence-electron chi connectivity index (χ3n) is 8.39. The number of rotatable bonds is 17. The summed E-state index contributed by atoms with van der Waals surface area (Å²) in [6.07, 6.45) is 3.33. The van der Waals surface area contributed by atoms with Crippen molar-refractivity contribution in [2.45, 2.75) is 63.9 Å². The second kappa shape index (κ2) is 16.8. The standard InChI is InChI=1S/C33H49N3O6/c1-4-26(33(34)37)19-28-20-29(27-9-6-24(7-10-27)22-40-17-16-39-3)32(21-35-28)42-23-25-8-11-31-30(18-25)36(13-15-41-31)12-5-14-38-2/h6-11,18,26,28-29,32,35H,4-5,12-17,19-23H2,1-3H3,(H2,34,37)/t26?,28-,29+,32-/m0/s1. The zero-order valence-electron chi connectivity index (χ0n) is 25.5. The van der Waals surface area contributed by atoms with Crippen LogP contribution < -0.4 is 20.7 Å². The first-order valence-electron chi connectivity index (χ1n) is 15.3. The Balaban J connectivity index is 1.45. The van der Waals surface area contributed by atoms with Crippen molar-refractivity contribution in [1.29, 1.82) is 0 Å². The summed E-state index contributed by atoms with van der Waals surface area (Å²) in [5, 5.41) is 3.66. The number of ether oxygens (including phenoxy) is 5. The number of anilines is 1. The highest BCUT2D eigenvalue weighted by Crippen LogP contribution is 2.35. The largest absolute Gasteiger partial charge is 0.490 e. The highest BCUT2D eigenvalue weighted by atomic mass is 16.5. The Labute approximate surface area is 251 Å². The maximum Gasteiger partial charge on any atom is 0.220 e. The lowest BCUT2D eigenvalue weighted by atomic mass is 9.81. The number of fused-ring (bicyclic) bond motifs is 1. The van der Waals surface area contributed by atoms with Gasteiger partial charge in [0.1, 0.15) is 12.4 Å². The first-order chi connectivity index (χ1) is 20.5. The maximum absolute atomic E-state index is 12.0. The van der Waals surface area contributed by atoms with E-state index in [0.29, 0.717) is 39.6 Å². The summed E-state index contributed by atoms with van der Waals surface area (Å²) in [5.74, 6) is 0.766. The van der Waals surface area contributed by atoms with Gasteiger partial charge in [-0.25, -0.2) is 0 Å². The predicted octanol–water partition coefficient (Wildman–Crippen LogP) is 4.02. The molecule has 2 aliphatic rings. The topological polar surface area (TPSA) is 105 Å². The van der Waals surface area contributed by atoms with Gasteiger partial charge in [-0.3, -0.25) is 4.79 Å². The van der Waals surface area contributed by atoms with Gasteiger partial charge in [-0.15, -0.1) is 0 Å². The third kappa shape index (κ3) is 9.15. The summed E-state index contributed by atoms with van der Waals surface area (Å²) in [4.78, 5) is 14.3. The number of nitrogens with zero attached hydrogens (tertiary/aromatic N) is 1. The SMILES string of the molecule is CCC(C[C@H]1C[C@H](c2ccc(COCCOC)cc2)[C@@H](OCc2ccc3c(c2)N(CCCOC)CCO3)CN1)C(N)=O. The highest BCUT2D eigenvalue weighted by Gasteiger charge is 2.34. The monoisotopic (exact) mass is 583 g/mol. The third-order valence-corrected chi connectivity index (χ3v) is 8.39. The Morgan fingerprint density at radius 2 is 1.86 bits per heavy atom. The number of amides is 1. The maximum atomic E-state index is 12.0. The molecule has 3 N–H and O–H groups in total. The fourth-order valence-corrected chi connectivity index (χ4v) is 5.94. The van der Waals surface area contributed by atoms with Crippen molar-refractivity contribution in [1.82, 2.24) is 5.32 Å². The van der Waals surface area contributed by atoms with Gasteiger partial charge in [-0.2, -0.15) is 0 Å². The van der Waals surface area contributed by atoms with E-state index in [1.807, 2.05) is 6.92 Å². The highest BCUT2D eigenvalue weighted by molar-refractivity contribution is 5.76. The minimum Gasteiger partial charge on any atom is -0.490 e. The van der Waals surface area contributed by atoms with E-state index in [4.69, 9.17) is 29.4 Å². The average Bonchev–Trinajstić information content (AvgIpc) is 3.01. The van der Waals surface area contributed by atoms with E-state index >= 15 is 0 Å². The van der Waals surface area contributed by atoms with Gasteiger partial charge >= 0.3 is 0 Å². The molecule has 0 saturated carbocycles. The minimum absolute atomic E-state index is 0.0104. The van der Waals surface area contributed by atoms with E-state index in [2.05, 4.69) is 52.7 Å². The molecular formula is C33H49N3O6. The van der Waals surface area contributed by atoms with Gasteiger partial charge in [-0.05, 0) is 54.5 Å². The Morgan fingerprint density at radius 3 is 2.60 bits per heavy atom. The fraction of sp³-hybridized carbons (Fsp3) is 0.606. The molecule has 1 unspecified atom stereocenters. The first kappa shape index (κ1) is 32.2. The second-order valence-corrected chi connectivity index (χ2v) is 11.3. The lowest BCUT2D eigenvalue weighted by molar-refractivity contribution is -0.122. The summed E-state index contributed by atoms with van der Waals surface area (Å²) in [6.45, 7) is 8.20. The summed E-state index contributed by atoms with van der Waals surface area (Å²) in [6, 6.07) is 15.2. The van der Waals surface area contributed by atoms with Crippen LogP contribution >= 0.6 is 0 Å². The smallest absolute Gasteiger partial charge is 0.220 e. The molecule has 4 rings (SSSR count). The molecule has 1 amide bonds. The first-order valence-corrected chi connectivity index (χ1v) is 15.3. The number of hydrogen-bond acceptors (Lipinski definition) is 8. The average molecular weight is 584 g/mol. The number of carbonyl (C=O) groups excluding carboxylic acids is 1. The summed E-state index contributed by atoms with van der Waals surface area (Å²) < 4.78 is 28.6. The Bertz CT molecular complexity index is 1100. The summed E-state index contributed by atoms with van der Waals surface area (Å²) in [7, 11) is 3.42. The number of methoxy groups -OCH3 is 2. The van der Waals surface area contributed by atoms with Gasteiger partial charge in [0.15, 0.2) is 0 Å². The molecule has 2 aromatic carbocycles. The number of carbonyl (C=O) groups is 1. The zero-order chi connectivity index (χ0) is 29.7. The lowest BCUT2D eigenvalue weighted by Crippen LogP contribution is -2.48. The van der Waals surface area contributed by atoms with E-state index in [1.54, 1.807) is 14.2 Å². The van der Waals surface area contributed by atoms with Gasteiger partial charge in [0, 0.05) is 51.8 Å². The van der Waals surface area contributed by atoms with E-state index in [0.717, 1.165) is 67.9 Å². The van der Waals surface area contributed by atoms with E-state index in [9.17, 15) is 4.79 Å². The fourth-order valence-electron chi connectivity index (χ4n) is 5.94. The van der Waals surface area contributed by atoms with E-state index in [1.165, 1.54) is 5.56 Å². The minimum atomic E-state index is -0.222. The predicted molar refractivity (Wildman–Crippen MR) is 164 cm³/mol. The summed E-state index contributed by atoms with van der Waals surface area (Å²) >= 11 is 0. The quantitative estimate of drug-likeness (QED) is 0.269. The zero-order valence-corrected chi connectivity index (χ0v) is 25.5. The van der Waals surface area contributed by atoms with Crippen LogP contribution in [0.15, 0.2) is 42.5 Å². The number of benzene rings is 2. The second-order valence-electron chi connectivity index (χ2n) is 11.3. The van der Waals surface area contributed by atoms with Crippen molar-refractivity contribution in [2.24, 2.45) is 11.7 Å². The number of hydrogen-bond donors (Lipinski definition) is 2. The van der Waals surface area contributed by atoms with Crippen LogP contribution in [0.1, 0.15) is 55.2 Å². The molecule has 42 heavy (non-hydrogen) atoms. The van der Waals surface area contributed by atoms with E-state index < -0.39 is 0 Å². The Morgan fingerprint density at radius 1 is 1.07 bits per heavy atom. The van der Waals surface area contributed by atoms with Crippen molar-refractivity contribution in [3.8, 4) is 5.75 Å². The number of piperidine rings is 1. The van der Waals surface area contributed by atoms with Crippen LogP contribution in [0, 0.1) is 5.92 Å². The van der Waals surface area contributed by atoms with Crippen molar-refractivity contribution in [3.63, 3.8) is 0 Å². The molecule has 9 heteroatoms. The lowest BCUT2D eigenvalue weighted by Gasteiger charge is -2.38. The van der Waals surface area contributed by atoms with Crippen LogP contribution in [-0.4, -0.2) is 78.3 Å². The summed E-state index contributed by atoms with van der Waals surface area (Å²) in [5.41, 5.74) is 10.3.